The number of likely N-dealkylation sites (N-methyl/N-ethyl adjacent to an activating group) is 2. The molecule has 1 aromatic carbocycles. The van der Waals surface area contributed by atoms with Crippen LogP contribution in [0.5, 0.6) is 0 Å². The first-order valence-electron chi connectivity index (χ1n) is 7.33. The molecule has 1 heterocycles. The van der Waals surface area contributed by atoms with Crippen molar-refractivity contribution in [1.82, 2.24) is 10.2 Å². The van der Waals surface area contributed by atoms with Crippen LogP contribution in [0.4, 0.5) is 4.39 Å². The molecular formula is C16H25FN2O. The largest absolute Gasteiger partial charge is 0.374 e. The highest BCUT2D eigenvalue weighted by atomic mass is 19.1. The van der Waals surface area contributed by atoms with Crippen molar-refractivity contribution in [3.8, 4) is 0 Å². The second-order valence-electron chi connectivity index (χ2n) is 5.68. The molecule has 0 bridgehead atoms. The van der Waals surface area contributed by atoms with Crippen LogP contribution in [0, 0.1) is 19.7 Å². The average Bonchev–Trinajstić information content (AvgIpc) is 2.36. The van der Waals surface area contributed by atoms with Crippen LogP contribution in [0.2, 0.25) is 0 Å². The zero-order valence-corrected chi connectivity index (χ0v) is 12.9. The molecule has 2 rings (SSSR count). The van der Waals surface area contributed by atoms with Crippen molar-refractivity contribution in [3.63, 3.8) is 0 Å². The second-order valence-corrected chi connectivity index (χ2v) is 5.68. The van der Waals surface area contributed by atoms with Gasteiger partial charge in [0.1, 0.15) is 5.82 Å². The van der Waals surface area contributed by atoms with Gasteiger partial charge in [-0.15, -0.1) is 0 Å². The maximum atomic E-state index is 14.4. The van der Waals surface area contributed by atoms with E-state index in [0.717, 1.165) is 36.3 Å². The number of halogens is 1. The van der Waals surface area contributed by atoms with E-state index >= 15 is 0 Å². The van der Waals surface area contributed by atoms with Crippen LogP contribution in [0.1, 0.15) is 29.7 Å². The van der Waals surface area contributed by atoms with Crippen molar-refractivity contribution in [3.05, 3.63) is 34.6 Å². The van der Waals surface area contributed by atoms with E-state index in [-0.39, 0.29) is 18.0 Å². The third-order valence-electron chi connectivity index (χ3n) is 3.88. The van der Waals surface area contributed by atoms with Crippen molar-refractivity contribution in [2.75, 3.05) is 33.3 Å². The van der Waals surface area contributed by atoms with Crippen LogP contribution < -0.4 is 5.32 Å². The summed E-state index contributed by atoms with van der Waals surface area (Å²) in [6.07, 6.45) is -0.00962. The Labute approximate surface area is 121 Å². The number of rotatable bonds is 4. The topological polar surface area (TPSA) is 24.5 Å². The average molecular weight is 280 g/mol. The Bertz CT molecular complexity index is 441. The monoisotopic (exact) mass is 280 g/mol. The Morgan fingerprint density at radius 1 is 1.45 bits per heavy atom. The third kappa shape index (κ3) is 3.37. The molecule has 0 aliphatic carbocycles. The van der Waals surface area contributed by atoms with E-state index in [2.05, 4.69) is 17.3 Å². The van der Waals surface area contributed by atoms with Gasteiger partial charge in [0.25, 0.3) is 0 Å². The highest BCUT2D eigenvalue weighted by Gasteiger charge is 2.30. The molecule has 1 saturated heterocycles. The van der Waals surface area contributed by atoms with E-state index < -0.39 is 0 Å². The lowest BCUT2D eigenvalue weighted by molar-refractivity contribution is -0.0396. The number of benzene rings is 1. The zero-order chi connectivity index (χ0) is 14.7. The second kappa shape index (κ2) is 6.66. The number of aryl methyl sites for hydroxylation is 2. The highest BCUT2D eigenvalue weighted by Crippen LogP contribution is 2.28. The van der Waals surface area contributed by atoms with Gasteiger partial charge in [-0.05, 0) is 44.6 Å². The van der Waals surface area contributed by atoms with Gasteiger partial charge in [0, 0.05) is 18.7 Å². The fourth-order valence-electron chi connectivity index (χ4n) is 2.97. The Hall–Kier alpha value is -0.970. The molecule has 0 spiro atoms. The van der Waals surface area contributed by atoms with Gasteiger partial charge in [0.2, 0.25) is 0 Å². The molecule has 1 aliphatic rings. The molecular weight excluding hydrogens is 255 g/mol. The van der Waals surface area contributed by atoms with E-state index in [1.165, 1.54) is 0 Å². The molecule has 112 valence electrons. The molecule has 0 aromatic heterocycles. The smallest absolute Gasteiger partial charge is 0.128 e. The lowest BCUT2D eigenvalue weighted by Gasteiger charge is -2.36. The molecule has 0 radical (unpaired) electrons. The Balaban J connectivity index is 2.33. The van der Waals surface area contributed by atoms with Crippen LogP contribution in [0.25, 0.3) is 0 Å². The van der Waals surface area contributed by atoms with Gasteiger partial charge in [-0.3, -0.25) is 0 Å². The Kier molecular flexibility index (Phi) is 5.13. The Morgan fingerprint density at radius 3 is 2.80 bits per heavy atom. The first-order chi connectivity index (χ1) is 9.52. The first-order valence-corrected chi connectivity index (χ1v) is 7.33. The van der Waals surface area contributed by atoms with Gasteiger partial charge in [-0.2, -0.15) is 0 Å². The van der Waals surface area contributed by atoms with Crippen LogP contribution >= 0.6 is 0 Å². The number of nitrogens with one attached hydrogen (secondary N) is 1. The van der Waals surface area contributed by atoms with E-state index in [1.807, 2.05) is 26.8 Å². The fraction of sp³-hybridized carbons (Fsp3) is 0.625. The predicted octanol–water partition coefficient (Wildman–Crippen LogP) is 2.42. The summed E-state index contributed by atoms with van der Waals surface area (Å²) in [5, 5.41) is 3.40. The van der Waals surface area contributed by atoms with Crippen LogP contribution in [0.15, 0.2) is 12.1 Å². The van der Waals surface area contributed by atoms with Gasteiger partial charge in [0.05, 0.1) is 18.8 Å². The summed E-state index contributed by atoms with van der Waals surface area (Å²) in [7, 11) is 2.08. The third-order valence-corrected chi connectivity index (χ3v) is 3.88. The first kappa shape index (κ1) is 15.4. The molecule has 3 nitrogen and oxygen atoms in total. The van der Waals surface area contributed by atoms with Gasteiger partial charge in [-0.1, -0.05) is 13.0 Å². The molecule has 4 heteroatoms. The quantitative estimate of drug-likeness (QED) is 0.916. The summed E-state index contributed by atoms with van der Waals surface area (Å²) in [5.41, 5.74) is 2.70. The summed E-state index contributed by atoms with van der Waals surface area (Å²) in [4.78, 5) is 2.24. The minimum Gasteiger partial charge on any atom is -0.374 e. The lowest BCUT2D eigenvalue weighted by Crippen LogP contribution is -2.47. The standard InChI is InChI=1S/C16H25FN2O/c1-5-18-16(14-10-19(4)6-7-20-14)15-12(3)8-11(2)9-13(15)17/h8-9,14,16,18H,5-7,10H2,1-4H3. The molecule has 0 amide bonds. The molecule has 1 N–H and O–H groups in total. The minimum atomic E-state index is -0.134. The number of morpholine rings is 1. The SMILES string of the molecule is CCNC(c1c(C)cc(C)cc1F)C1CN(C)CCO1. The van der Waals surface area contributed by atoms with E-state index in [4.69, 9.17) is 4.74 Å². The maximum Gasteiger partial charge on any atom is 0.128 e. The Morgan fingerprint density at radius 2 is 2.20 bits per heavy atom. The lowest BCUT2D eigenvalue weighted by atomic mass is 9.94. The molecule has 2 unspecified atom stereocenters. The van der Waals surface area contributed by atoms with Gasteiger partial charge >= 0.3 is 0 Å². The minimum absolute atomic E-state index is 0.00962. The van der Waals surface area contributed by atoms with Crippen molar-refractivity contribution in [2.45, 2.75) is 32.9 Å². The van der Waals surface area contributed by atoms with Crippen LogP contribution in [-0.2, 0) is 4.74 Å². The summed E-state index contributed by atoms with van der Waals surface area (Å²) >= 11 is 0. The molecule has 20 heavy (non-hydrogen) atoms. The summed E-state index contributed by atoms with van der Waals surface area (Å²) in [6.45, 7) is 9.20. The van der Waals surface area contributed by atoms with Gasteiger partial charge in [0.15, 0.2) is 0 Å². The van der Waals surface area contributed by atoms with Crippen molar-refractivity contribution in [2.24, 2.45) is 0 Å². The molecule has 1 aromatic rings. The van der Waals surface area contributed by atoms with Crippen LogP contribution in [0.3, 0.4) is 0 Å². The summed E-state index contributed by atoms with van der Waals surface area (Å²) in [5.74, 6) is -0.134. The number of nitrogens with zero attached hydrogens (tertiary/aromatic N) is 1. The van der Waals surface area contributed by atoms with Crippen LogP contribution in [-0.4, -0.2) is 44.3 Å². The fourth-order valence-corrected chi connectivity index (χ4v) is 2.97. The van der Waals surface area contributed by atoms with E-state index in [0.29, 0.717) is 6.61 Å². The van der Waals surface area contributed by atoms with Gasteiger partial charge in [-0.25, -0.2) is 4.39 Å². The number of hydrogen-bond donors (Lipinski definition) is 1. The van der Waals surface area contributed by atoms with Crippen molar-refractivity contribution in [1.29, 1.82) is 0 Å². The highest BCUT2D eigenvalue weighted by molar-refractivity contribution is 5.35. The number of ether oxygens (including phenoxy) is 1. The normalized spacial score (nSPS) is 21.9. The van der Waals surface area contributed by atoms with Gasteiger partial charge < -0.3 is 15.0 Å². The summed E-state index contributed by atoms with van der Waals surface area (Å²) < 4.78 is 20.3. The summed E-state index contributed by atoms with van der Waals surface area (Å²) in [6, 6.07) is 3.55. The van der Waals surface area contributed by atoms with E-state index in [9.17, 15) is 4.39 Å². The van der Waals surface area contributed by atoms with E-state index in [1.54, 1.807) is 6.07 Å². The van der Waals surface area contributed by atoms with Crippen molar-refractivity contribution < 1.29 is 9.13 Å². The molecule has 1 fully saturated rings. The predicted molar refractivity (Wildman–Crippen MR) is 79.5 cm³/mol. The zero-order valence-electron chi connectivity index (χ0n) is 12.9. The number of hydrogen-bond acceptors (Lipinski definition) is 3. The molecule has 1 aliphatic heterocycles. The van der Waals surface area contributed by atoms with Crippen molar-refractivity contribution >= 4 is 0 Å². The maximum absolute atomic E-state index is 14.4. The molecule has 0 saturated carbocycles. The molecule has 2 atom stereocenters.